The van der Waals surface area contributed by atoms with E-state index < -0.39 is 0 Å². The van der Waals surface area contributed by atoms with E-state index in [9.17, 15) is 0 Å². The summed E-state index contributed by atoms with van der Waals surface area (Å²) in [4.78, 5) is 2.36. The molecule has 12 aromatic carbocycles. The molecule has 0 saturated carbocycles. The van der Waals surface area contributed by atoms with Gasteiger partial charge in [0.15, 0.2) is 0 Å². The molecule has 0 N–H and O–H groups in total. The fourth-order valence-corrected chi connectivity index (χ4v) is 11.0. The molecule has 0 aliphatic heterocycles. The van der Waals surface area contributed by atoms with Gasteiger partial charge in [0.25, 0.3) is 0 Å². The molecule has 3 nitrogen and oxygen atoms in total. The van der Waals surface area contributed by atoms with Crippen molar-refractivity contribution in [1.29, 1.82) is 0 Å². The quantitative estimate of drug-likeness (QED) is 0.142. The second-order valence-corrected chi connectivity index (χ2v) is 18.4. The summed E-state index contributed by atoms with van der Waals surface area (Å²) in [6.45, 7) is 0. The summed E-state index contributed by atoms with van der Waals surface area (Å²) >= 11 is 0. The summed E-state index contributed by atoms with van der Waals surface area (Å²) in [5.74, 6) is 0. The number of hydrogen-bond donors (Lipinski definition) is 0. The number of fused-ring (bicyclic) bond motifs is 9. The molecule has 0 bridgehead atoms. The van der Waals surface area contributed by atoms with Crippen molar-refractivity contribution in [2.24, 2.45) is 0 Å². The third-order valence-corrected chi connectivity index (χ3v) is 14.4. The number of furan rings is 1. The van der Waals surface area contributed by atoms with Gasteiger partial charge in [0, 0.05) is 49.7 Å². The molecule has 0 radical (unpaired) electrons. The molecule has 0 aliphatic carbocycles. The molecule has 14 rings (SSSR count). The van der Waals surface area contributed by atoms with Crippen LogP contribution in [0, 0.1) is 0 Å². The number of nitrogens with zero attached hydrogens (tertiary/aromatic N) is 2. The summed E-state index contributed by atoms with van der Waals surface area (Å²) in [7, 11) is 0. The molecule has 2 heterocycles. The Morgan fingerprint density at radius 3 is 1.48 bits per heavy atom. The first-order chi connectivity index (χ1) is 35.2. The number of rotatable bonds is 8. The fraction of sp³-hybridized carbons (Fsp3) is 0. The molecule has 0 fully saturated rings. The van der Waals surface area contributed by atoms with Gasteiger partial charge in [-0.1, -0.05) is 200 Å². The minimum atomic E-state index is 0.899. The molecular weight excluding hydrogens is 861 g/mol. The fourth-order valence-electron chi connectivity index (χ4n) is 11.0. The molecule has 3 heteroatoms. The van der Waals surface area contributed by atoms with Crippen LogP contribution in [0.5, 0.6) is 0 Å². The predicted octanol–water partition coefficient (Wildman–Crippen LogP) is 19.1. The van der Waals surface area contributed by atoms with Crippen LogP contribution in [-0.4, -0.2) is 4.57 Å². The Morgan fingerprint density at radius 1 is 0.282 bits per heavy atom. The lowest BCUT2D eigenvalue weighted by Crippen LogP contribution is -2.10. The van der Waals surface area contributed by atoms with E-state index in [2.05, 4.69) is 264 Å². The van der Waals surface area contributed by atoms with Gasteiger partial charge < -0.3 is 13.9 Å². The molecule has 2 aromatic heterocycles. The molecule has 0 aliphatic rings. The summed E-state index contributed by atoms with van der Waals surface area (Å²) in [6, 6.07) is 96.7. The van der Waals surface area contributed by atoms with E-state index in [4.69, 9.17) is 4.42 Å². The highest BCUT2D eigenvalue weighted by Crippen LogP contribution is 2.43. The molecule has 0 amide bonds. The zero-order chi connectivity index (χ0) is 46.8. The first-order valence-corrected chi connectivity index (χ1v) is 24.3. The van der Waals surface area contributed by atoms with Crippen molar-refractivity contribution in [2.75, 3.05) is 4.90 Å². The van der Waals surface area contributed by atoms with Crippen LogP contribution in [0.3, 0.4) is 0 Å². The Labute approximate surface area is 411 Å². The molecule has 0 spiro atoms. The minimum absolute atomic E-state index is 0.899. The zero-order valence-corrected chi connectivity index (χ0v) is 38.7. The van der Waals surface area contributed by atoms with Gasteiger partial charge in [0.2, 0.25) is 0 Å². The maximum Gasteiger partial charge on any atom is 0.143 e. The second kappa shape index (κ2) is 16.7. The van der Waals surface area contributed by atoms with Crippen molar-refractivity contribution in [2.45, 2.75) is 0 Å². The van der Waals surface area contributed by atoms with Gasteiger partial charge in [0.1, 0.15) is 11.2 Å². The lowest BCUT2D eigenvalue weighted by atomic mass is 9.97. The Hall–Kier alpha value is -9.44. The maximum absolute atomic E-state index is 6.48. The van der Waals surface area contributed by atoms with Crippen LogP contribution in [0.2, 0.25) is 0 Å². The average Bonchev–Trinajstić information content (AvgIpc) is 4.00. The Balaban J connectivity index is 0.883. The summed E-state index contributed by atoms with van der Waals surface area (Å²) in [6.07, 6.45) is 0. The SMILES string of the molecule is c1ccc(-c2ccc(-c3ccc(N(c4ccc(-c5ccc6c(ccc7ccccc76)c5)cc4)c4ccc(-c5cccc6c5oc5ccccc56)cc4)cc3)c(-n3c4ccccc4c4ccccc43)c2)cc1. The van der Waals surface area contributed by atoms with E-state index in [1.807, 2.05) is 12.1 Å². The van der Waals surface area contributed by atoms with Gasteiger partial charge in [-0.3, -0.25) is 0 Å². The predicted molar refractivity (Wildman–Crippen MR) is 299 cm³/mol. The molecule has 332 valence electrons. The Bertz CT molecular complexity index is 4260. The van der Waals surface area contributed by atoms with E-state index in [1.165, 1.54) is 65.6 Å². The number of benzene rings is 12. The van der Waals surface area contributed by atoms with Crippen molar-refractivity contribution in [3.63, 3.8) is 0 Å². The highest BCUT2D eigenvalue weighted by molar-refractivity contribution is 6.11. The minimum Gasteiger partial charge on any atom is -0.455 e. The molecule has 0 atom stereocenters. The second-order valence-electron chi connectivity index (χ2n) is 18.4. The van der Waals surface area contributed by atoms with Gasteiger partial charge in [0.05, 0.1) is 16.7 Å². The van der Waals surface area contributed by atoms with Crippen molar-refractivity contribution in [1.82, 2.24) is 4.57 Å². The summed E-state index contributed by atoms with van der Waals surface area (Å²) < 4.78 is 8.93. The maximum atomic E-state index is 6.48. The lowest BCUT2D eigenvalue weighted by molar-refractivity contribution is 0.670. The average molecular weight is 905 g/mol. The highest BCUT2D eigenvalue weighted by Gasteiger charge is 2.19. The molecule has 0 unspecified atom stereocenters. The standard InChI is InChI=1S/C68H44N2O/c1-2-13-45(14-3-1)51-34-42-58(66(44-51)70-64-22-9-6-17-60(64)61-18-7-10-23-65(61)70)48-29-37-54(38-30-48)69(55-39-31-49(32-40-55)59-20-12-21-63-62-19-8-11-24-67(62)71-68(59)63)53-35-27-46(28-36-53)50-33-41-57-52(43-50)26-25-47-15-4-5-16-56(47)57/h1-44H. The van der Waals surface area contributed by atoms with Crippen molar-refractivity contribution >= 4 is 82.4 Å². The van der Waals surface area contributed by atoms with Crippen molar-refractivity contribution in [3.05, 3.63) is 267 Å². The van der Waals surface area contributed by atoms with E-state index in [0.717, 1.165) is 66.9 Å². The van der Waals surface area contributed by atoms with Gasteiger partial charge in [-0.25, -0.2) is 0 Å². The summed E-state index contributed by atoms with van der Waals surface area (Å²) in [5, 5.41) is 9.78. The topological polar surface area (TPSA) is 21.3 Å². The van der Waals surface area contributed by atoms with Gasteiger partial charge in [-0.15, -0.1) is 0 Å². The van der Waals surface area contributed by atoms with Gasteiger partial charge in [-0.05, 0) is 122 Å². The van der Waals surface area contributed by atoms with Gasteiger partial charge in [-0.2, -0.15) is 0 Å². The molecule has 71 heavy (non-hydrogen) atoms. The first-order valence-electron chi connectivity index (χ1n) is 24.3. The number of para-hydroxylation sites is 4. The van der Waals surface area contributed by atoms with Crippen LogP contribution in [0.25, 0.3) is 115 Å². The normalized spacial score (nSPS) is 11.7. The lowest BCUT2D eigenvalue weighted by Gasteiger charge is -2.26. The van der Waals surface area contributed by atoms with Crippen LogP contribution in [-0.2, 0) is 0 Å². The monoisotopic (exact) mass is 904 g/mol. The van der Waals surface area contributed by atoms with E-state index >= 15 is 0 Å². The Kier molecular flexibility index (Phi) is 9.53. The Morgan fingerprint density at radius 2 is 0.775 bits per heavy atom. The van der Waals surface area contributed by atoms with Crippen molar-refractivity contribution in [3.8, 4) is 50.2 Å². The first kappa shape index (κ1) is 40.6. The molecule has 14 aromatic rings. The largest absolute Gasteiger partial charge is 0.455 e. The third-order valence-electron chi connectivity index (χ3n) is 14.4. The number of aromatic nitrogens is 1. The van der Waals surface area contributed by atoms with E-state index in [0.29, 0.717) is 0 Å². The van der Waals surface area contributed by atoms with Crippen molar-refractivity contribution < 1.29 is 4.42 Å². The summed E-state index contributed by atoms with van der Waals surface area (Å²) in [5.41, 5.74) is 17.7. The number of anilines is 3. The smallest absolute Gasteiger partial charge is 0.143 e. The van der Waals surface area contributed by atoms with Crippen LogP contribution in [0.15, 0.2) is 271 Å². The van der Waals surface area contributed by atoms with Gasteiger partial charge >= 0.3 is 0 Å². The highest BCUT2D eigenvalue weighted by atomic mass is 16.3. The van der Waals surface area contributed by atoms with Crippen LogP contribution in [0.1, 0.15) is 0 Å². The van der Waals surface area contributed by atoms with Crippen LogP contribution in [0.4, 0.5) is 17.1 Å². The third kappa shape index (κ3) is 6.89. The molecular formula is C68H44N2O. The van der Waals surface area contributed by atoms with E-state index in [1.54, 1.807) is 0 Å². The van der Waals surface area contributed by atoms with E-state index in [-0.39, 0.29) is 0 Å². The molecule has 0 saturated heterocycles. The van der Waals surface area contributed by atoms with Crippen LogP contribution >= 0.6 is 0 Å². The number of hydrogen-bond acceptors (Lipinski definition) is 2. The van der Waals surface area contributed by atoms with Crippen LogP contribution < -0.4 is 4.90 Å². The zero-order valence-electron chi connectivity index (χ0n) is 38.7.